The molecular weight excluding hydrogens is 285 g/mol. The Balaban J connectivity index is 2.72. The molecule has 0 aliphatic carbocycles. The number of hydrogen-bond acceptors (Lipinski definition) is 3. The van der Waals surface area contributed by atoms with Gasteiger partial charge >= 0.3 is 0 Å². The highest BCUT2D eigenvalue weighted by atomic mass is 127. The van der Waals surface area contributed by atoms with Crippen molar-refractivity contribution in [3.05, 3.63) is 21.8 Å². The molecular formula is C8H10INOS. The molecule has 0 bridgehead atoms. The minimum absolute atomic E-state index is 0.316. The van der Waals surface area contributed by atoms with E-state index in [1.807, 2.05) is 6.07 Å². The fourth-order valence-corrected chi connectivity index (χ4v) is 2.44. The molecule has 0 atom stereocenters. The molecule has 0 spiro atoms. The van der Waals surface area contributed by atoms with E-state index >= 15 is 0 Å². The van der Waals surface area contributed by atoms with E-state index in [9.17, 15) is 0 Å². The van der Waals surface area contributed by atoms with Gasteiger partial charge in [-0.1, -0.05) is 0 Å². The second-order valence-corrected chi connectivity index (χ2v) is 4.55. The quantitative estimate of drug-likeness (QED) is 0.662. The maximum absolute atomic E-state index is 9.12. The summed E-state index contributed by atoms with van der Waals surface area (Å²) in [4.78, 5) is 1.18. The molecule has 4 heteroatoms. The van der Waals surface area contributed by atoms with Crippen molar-refractivity contribution in [2.75, 3.05) is 12.3 Å². The monoisotopic (exact) mass is 295 g/mol. The van der Waals surface area contributed by atoms with Gasteiger partial charge in [0.1, 0.15) is 5.75 Å². The summed E-state index contributed by atoms with van der Waals surface area (Å²) >= 11 is 3.92. The van der Waals surface area contributed by atoms with Gasteiger partial charge in [-0.2, -0.15) is 0 Å². The first-order valence-electron chi connectivity index (χ1n) is 3.55. The molecule has 0 saturated heterocycles. The molecule has 1 aromatic carbocycles. The second-order valence-electron chi connectivity index (χ2n) is 2.25. The predicted molar refractivity (Wildman–Crippen MR) is 60.6 cm³/mol. The average Bonchev–Trinajstić information content (AvgIpc) is 2.03. The summed E-state index contributed by atoms with van der Waals surface area (Å²) in [6.45, 7) is 0.682. The number of benzene rings is 1. The van der Waals surface area contributed by atoms with Crippen LogP contribution < -0.4 is 5.73 Å². The Hall–Kier alpha value is 0.0600. The van der Waals surface area contributed by atoms with Crippen LogP contribution in [0.2, 0.25) is 0 Å². The first-order valence-corrected chi connectivity index (χ1v) is 5.62. The summed E-state index contributed by atoms with van der Waals surface area (Å²) in [5.74, 6) is 1.23. The average molecular weight is 295 g/mol. The largest absolute Gasteiger partial charge is 0.508 e. The molecule has 0 amide bonds. The number of hydrogen-bond donors (Lipinski definition) is 2. The topological polar surface area (TPSA) is 46.2 Å². The third-order valence-corrected chi connectivity index (χ3v) is 3.66. The lowest BCUT2D eigenvalue weighted by atomic mass is 10.3. The van der Waals surface area contributed by atoms with Crippen LogP contribution >= 0.6 is 34.4 Å². The van der Waals surface area contributed by atoms with Crippen LogP contribution in [0.5, 0.6) is 5.75 Å². The van der Waals surface area contributed by atoms with E-state index in [1.165, 1.54) is 4.90 Å². The maximum atomic E-state index is 9.12. The van der Waals surface area contributed by atoms with E-state index in [-0.39, 0.29) is 0 Å². The standard InChI is InChI=1S/C8H10INOS/c9-7-5-6(11)1-2-8(7)12-4-3-10/h1-2,5,11H,3-4,10H2. The first kappa shape index (κ1) is 10.1. The Morgan fingerprint density at radius 1 is 1.50 bits per heavy atom. The zero-order valence-corrected chi connectivity index (χ0v) is 9.43. The van der Waals surface area contributed by atoms with Crippen molar-refractivity contribution in [2.45, 2.75) is 4.90 Å². The van der Waals surface area contributed by atoms with E-state index in [0.29, 0.717) is 12.3 Å². The van der Waals surface area contributed by atoms with Crippen LogP contribution in [-0.4, -0.2) is 17.4 Å². The van der Waals surface area contributed by atoms with Crippen molar-refractivity contribution >= 4 is 34.4 Å². The third kappa shape index (κ3) is 2.84. The van der Waals surface area contributed by atoms with Crippen LogP contribution in [0.1, 0.15) is 0 Å². The number of phenols is 1. The highest BCUT2D eigenvalue weighted by molar-refractivity contribution is 14.1. The van der Waals surface area contributed by atoms with Crippen molar-refractivity contribution in [3.63, 3.8) is 0 Å². The van der Waals surface area contributed by atoms with Crippen LogP contribution in [0, 0.1) is 3.57 Å². The van der Waals surface area contributed by atoms with Gasteiger partial charge < -0.3 is 10.8 Å². The lowest BCUT2D eigenvalue weighted by molar-refractivity contribution is 0.474. The highest BCUT2D eigenvalue weighted by Gasteiger charge is 1.99. The molecule has 0 fully saturated rings. The highest BCUT2D eigenvalue weighted by Crippen LogP contribution is 2.26. The minimum Gasteiger partial charge on any atom is -0.508 e. The van der Waals surface area contributed by atoms with E-state index in [0.717, 1.165) is 9.32 Å². The van der Waals surface area contributed by atoms with Crippen molar-refractivity contribution in [3.8, 4) is 5.75 Å². The van der Waals surface area contributed by atoms with Gasteiger partial charge in [-0.25, -0.2) is 0 Å². The molecule has 1 rings (SSSR count). The van der Waals surface area contributed by atoms with E-state index in [4.69, 9.17) is 10.8 Å². The van der Waals surface area contributed by atoms with Gasteiger partial charge in [-0.15, -0.1) is 11.8 Å². The Morgan fingerprint density at radius 3 is 2.83 bits per heavy atom. The molecule has 3 N–H and O–H groups in total. The molecule has 0 unspecified atom stereocenters. The van der Waals surface area contributed by atoms with Crippen molar-refractivity contribution < 1.29 is 5.11 Å². The number of nitrogens with two attached hydrogens (primary N) is 1. The fraction of sp³-hybridized carbons (Fsp3) is 0.250. The maximum Gasteiger partial charge on any atom is 0.116 e. The van der Waals surface area contributed by atoms with Gasteiger partial charge in [0, 0.05) is 20.8 Å². The molecule has 12 heavy (non-hydrogen) atoms. The van der Waals surface area contributed by atoms with Gasteiger partial charge in [0.2, 0.25) is 0 Å². The van der Waals surface area contributed by atoms with Crippen LogP contribution in [0.25, 0.3) is 0 Å². The summed E-state index contributed by atoms with van der Waals surface area (Å²) < 4.78 is 1.08. The molecule has 0 heterocycles. The van der Waals surface area contributed by atoms with Crippen LogP contribution in [0.4, 0.5) is 0 Å². The van der Waals surface area contributed by atoms with Crippen molar-refractivity contribution in [2.24, 2.45) is 5.73 Å². The lowest BCUT2D eigenvalue weighted by Crippen LogP contribution is -2.01. The molecule has 0 aliphatic heterocycles. The minimum atomic E-state index is 0.316. The SMILES string of the molecule is NCCSc1ccc(O)cc1I. The number of thioether (sulfide) groups is 1. The Bertz CT molecular complexity index is 267. The van der Waals surface area contributed by atoms with Gasteiger partial charge in [-0.3, -0.25) is 0 Å². The number of aromatic hydroxyl groups is 1. The summed E-state index contributed by atoms with van der Waals surface area (Å²) in [6, 6.07) is 5.36. The Kier molecular flexibility index (Phi) is 4.17. The van der Waals surface area contributed by atoms with Gasteiger partial charge in [-0.05, 0) is 40.8 Å². The van der Waals surface area contributed by atoms with Crippen molar-refractivity contribution in [1.29, 1.82) is 0 Å². The second kappa shape index (κ2) is 4.94. The number of halogens is 1. The normalized spacial score (nSPS) is 10.2. The number of rotatable bonds is 3. The van der Waals surface area contributed by atoms with Crippen LogP contribution in [0.3, 0.4) is 0 Å². The summed E-state index contributed by atoms with van der Waals surface area (Å²) in [5, 5.41) is 9.12. The van der Waals surface area contributed by atoms with E-state index in [2.05, 4.69) is 22.6 Å². The van der Waals surface area contributed by atoms with Crippen LogP contribution in [0.15, 0.2) is 23.1 Å². The molecule has 2 nitrogen and oxygen atoms in total. The Morgan fingerprint density at radius 2 is 2.25 bits per heavy atom. The smallest absolute Gasteiger partial charge is 0.116 e. The lowest BCUT2D eigenvalue weighted by Gasteiger charge is -2.02. The Labute approximate surface area is 89.7 Å². The van der Waals surface area contributed by atoms with Gasteiger partial charge in [0.25, 0.3) is 0 Å². The summed E-state index contributed by atoms with van der Waals surface area (Å²) in [6.07, 6.45) is 0. The molecule has 1 aromatic rings. The molecule has 0 aliphatic rings. The number of phenolic OH excluding ortho intramolecular Hbond substituents is 1. The van der Waals surface area contributed by atoms with Gasteiger partial charge in [0.05, 0.1) is 0 Å². The third-order valence-electron chi connectivity index (χ3n) is 1.29. The first-order chi connectivity index (χ1) is 5.74. The van der Waals surface area contributed by atoms with E-state index < -0.39 is 0 Å². The molecule has 0 radical (unpaired) electrons. The molecule has 66 valence electrons. The summed E-state index contributed by atoms with van der Waals surface area (Å²) in [5.41, 5.74) is 5.38. The van der Waals surface area contributed by atoms with Crippen molar-refractivity contribution in [1.82, 2.24) is 0 Å². The zero-order valence-electron chi connectivity index (χ0n) is 6.46. The molecule has 0 saturated carbocycles. The summed E-state index contributed by atoms with van der Waals surface area (Å²) in [7, 11) is 0. The molecule has 0 aromatic heterocycles. The zero-order chi connectivity index (χ0) is 8.97. The van der Waals surface area contributed by atoms with Gasteiger partial charge in [0.15, 0.2) is 0 Å². The fourth-order valence-electron chi connectivity index (χ4n) is 0.776. The predicted octanol–water partition coefficient (Wildman–Crippen LogP) is 2.05. The van der Waals surface area contributed by atoms with Crippen LogP contribution in [-0.2, 0) is 0 Å². The van der Waals surface area contributed by atoms with E-state index in [1.54, 1.807) is 23.9 Å².